The molecule has 1 aromatic carbocycles. The molecule has 2 heterocycles. The smallest absolute Gasteiger partial charge is 0.271 e. The number of carbonyl (C=O) groups is 5. The van der Waals surface area contributed by atoms with Crippen molar-refractivity contribution in [1.29, 1.82) is 0 Å². The Morgan fingerprint density at radius 3 is 2.10 bits per heavy atom. The fourth-order valence-electron chi connectivity index (χ4n) is 8.64. The number of nitrogens with one attached hydrogen (secondary N) is 3. The van der Waals surface area contributed by atoms with Crippen LogP contribution in [-0.2, 0) is 44.7 Å². The van der Waals surface area contributed by atoms with E-state index in [9.17, 15) is 24.0 Å². The highest BCUT2D eigenvalue weighted by Gasteiger charge is 2.46. The Labute approximate surface area is 347 Å². The molecule has 0 aromatic heterocycles. The summed E-state index contributed by atoms with van der Waals surface area (Å²) in [5.74, 6) is -2.24. The molecule has 2 aliphatic rings. The molecule has 0 spiro atoms. The van der Waals surface area contributed by atoms with Gasteiger partial charge in [0.05, 0.1) is 49.3 Å². The lowest BCUT2D eigenvalue weighted by molar-refractivity contribution is -0.203. The number of hydrogen-bond acceptors (Lipinski definition) is 9. The van der Waals surface area contributed by atoms with Crippen LogP contribution in [0.25, 0.3) is 0 Å². The number of carbonyl (C=O) groups excluding carboxylic acids is 5. The molecule has 328 valence electrons. The van der Waals surface area contributed by atoms with Gasteiger partial charge in [-0.3, -0.25) is 28.8 Å². The first kappa shape index (κ1) is 48.8. The second kappa shape index (κ2) is 22.7. The van der Waals surface area contributed by atoms with Crippen LogP contribution in [0.4, 0.5) is 0 Å². The van der Waals surface area contributed by atoms with Gasteiger partial charge in [-0.25, -0.2) is 5.06 Å². The number of ether oxygens (including phenoxy) is 2. The molecule has 3 rings (SSSR count). The maximum atomic E-state index is 14.4. The molecule has 0 saturated carbocycles. The van der Waals surface area contributed by atoms with Crippen molar-refractivity contribution in [1.82, 2.24) is 30.8 Å². The van der Waals surface area contributed by atoms with Gasteiger partial charge in [0.15, 0.2) is 0 Å². The maximum Gasteiger partial charge on any atom is 0.271 e. The molecule has 3 N–H and O–H groups in total. The minimum atomic E-state index is -1.30. The number of likely N-dealkylation sites (N-methyl/N-ethyl adjacent to an activating group) is 2. The van der Waals surface area contributed by atoms with Gasteiger partial charge < -0.3 is 35.2 Å². The predicted octanol–water partition coefficient (Wildman–Crippen LogP) is 3.96. The number of benzene rings is 1. The Balaban J connectivity index is 1.82. The number of methoxy groups -OCH3 is 2. The highest BCUT2D eigenvalue weighted by atomic mass is 16.7. The minimum absolute atomic E-state index is 0.00397. The van der Waals surface area contributed by atoms with Crippen molar-refractivity contribution >= 4 is 29.5 Å². The van der Waals surface area contributed by atoms with Gasteiger partial charge in [0.2, 0.25) is 23.6 Å². The third kappa shape index (κ3) is 12.2. The molecule has 0 radical (unpaired) electrons. The van der Waals surface area contributed by atoms with E-state index >= 15 is 0 Å². The van der Waals surface area contributed by atoms with Gasteiger partial charge in [0.1, 0.15) is 11.6 Å². The zero-order chi connectivity index (χ0) is 43.3. The third-order valence-electron chi connectivity index (χ3n) is 12.3. The number of hydrogen-bond donors (Lipinski definition) is 3. The Hall–Kier alpha value is -3.59. The van der Waals surface area contributed by atoms with E-state index in [0.29, 0.717) is 26.1 Å². The minimum Gasteiger partial charge on any atom is -0.379 e. The van der Waals surface area contributed by atoms with Crippen LogP contribution in [0.2, 0.25) is 0 Å². The zero-order valence-corrected chi connectivity index (χ0v) is 37.3. The molecule has 2 aliphatic heterocycles. The van der Waals surface area contributed by atoms with Crippen LogP contribution in [0.15, 0.2) is 30.3 Å². The van der Waals surface area contributed by atoms with Crippen molar-refractivity contribution in [3.05, 3.63) is 35.9 Å². The lowest BCUT2D eigenvalue weighted by atomic mass is 9.88. The van der Waals surface area contributed by atoms with Gasteiger partial charge >= 0.3 is 0 Å². The maximum absolute atomic E-state index is 14.4. The fraction of sp³-hybridized carbons (Fsp3) is 0.750. The summed E-state index contributed by atoms with van der Waals surface area (Å²) >= 11 is 0. The Morgan fingerprint density at radius 2 is 1.57 bits per heavy atom. The Kier molecular flexibility index (Phi) is 19.1. The summed E-state index contributed by atoms with van der Waals surface area (Å²) in [7, 11) is 6.56. The van der Waals surface area contributed by atoms with Crippen LogP contribution in [0, 0.1) is 23.7 Å². The van der Waals surface area contributed by atoms with Crippen LogP contribution in [0.5, 0.6) is 0 Å². The largest absolute Gasteiger partial charge is 0.379 e. The van der Waals surface area contributed by atoms with Crippen LogP contribution >= 0.6 is 0 Å². The second-order valence-electron chi connectivity index (χ2n) is 17.3. The molecular weight excluding hydrogens is 741 g/mol. The van der Waals surface area contributed by atoms with Gasteiger partial charge in [0, 0.05) is 40.8 Å². The standard InChI is InChI=1S/C44H74N6O8/c1-13-30(6)38(48(10)42(54)37(29(4)5)46-41(53)36(45-9)28(2)3)34(56-11)26-35(51)49-23-19-22-33(49)39(57-12)31(7)40(52)47-44(8,27-32-20-15-14-16-21-32)43(55)50-24-17-18-25-58-50/h14-16,20-21,28-31,33-34,36-39,45H,13,17-19,22-27H2,1-12H3,(H,46,53)(H,47,52)/t30-,31+,33-,34+,36-,37-,38-,39+,44-/m0/s1. The van der Waals surface area contributed by atoms with Crippen molar-refractivity contribution in [2.75, 3.05) is 48.0 Å². The van der Waals surface area contributed by atoms with E-state index in [4.69, 9.17) is 14.3 Å². The second-order valence-corrected chi connectivity index (χ2v) is 17.3. The average molecular weight is 815 g/mol. The third-order valence-corrected chi connectivity index (χ3v) is 12.3. The molecule has 58 heavy (non-hydrogen) atoms. The quantitative estimate of drug-likeness (QED) is 0.167. The zero-order valence-electron chi connectivity index (χ0n) is 37.3. The van der Waals surface area contributed by atoms with Crippen molar-refractivity contribution in [2.45, 2.75) is 142 Å². The van der Waals surface area contributed by atoms with Crippen LogP contribution < -0.4 is 16.0 Å². The summed E-state index contributed by atoms with van der Waals surface area (Å²) in [5, 5.41) is 10.5. The highest BCUT2D eigenvalue weighted by Crippen LogP contribution is 2.30. The topological polar surface area (TPSA) is 159 Å². The van der Waals surface area contributed by atoms with Crippen molar-refractivity contribution < 1.29 is 38.3 Å². The van der Waals surface area contributed by atoms with E-state index in [1.165, 1.54) is 5.06 Å². The first-order valence-corrected chi connectivity index (χ1v) is 21.4. The summed E-state index contributed by atoms with van der Waals surface area (Å²) in [6.07, 6.45) is 2.73. The van der Waals surface area contributed by atoms with E-state index in [2.05, 4.69) is 16.0 Å². The molecular formula is C44H74N6O8. The molecule has 9 atom stereocenters. The van der Waals surface area contributed by atoms with Crippen molar-refractivity contribution in [3.8, 4) is 0 Å². The summed E-state index contributed by atoms with van der Waals surface area (Å²) in [5.41, 5.74) is -0.401. The lowest BCUT2D eigenvalue weighted by Crippen LogP contribution is -2.62. The summed E-state index contributed by atoms with van der Waals surface area (Å²) in [6.45, 7) is 16.7. The van der Waals surface area contributed by atoms with E-state index in [1.807, 2.05) is 71.9 Å². The molecule has 0 aliphatic carbocycles. The SMILES string of the molecule is CC[C@H](C)[C@@H]([C@@H](CC(=O)N1CCC[C@H]1[C@H](OC)[C@@H](C)C(=O)N[C@@](C)(Cc1ccccc1)C(=O)N1CCCCO1)OC)N(C)C(=O)[C@@H](NC(=O)[C@@H](NC)C(C)C)C(C)C. The van der Waals surface area contributed by atoms with Crippen LogP contribution in [0.3, 0.4) is 0 Å². The Morgan fingerprint density at radius 1 is 0.914 bits per heavy atom. The molecule has 14 heteroatoms. The van der Waals surface area contributed by atoms with Crippen LogP contribution in [-0.4, -0.2) is 134 Å². The molecule has 1 aromatic rings. The van der Waals surface area contributed by atoms with Crippen LogP contribution in [0.1, 0.15) is 99.5 Å². The molecule has 0 unspecified atom stereocenters. The van der Waals surface area contributed by atoms with E-state index in [0.717, 1.165) is 31.2 Å². The monoisotopic (exact) mass is 815 g/mol. The van der Waals surface area contributed by atoms with E-state index in [-0.39, 0.29) is 60.1 Å². The van der Waals surface area contributed by atoms with Gasteiger partial charge in [-0.1, -0.05) is 85.2 Å². The fourth-order valence-corrected chi connectivity index (χ4v) is 8.64. The average Bonchev–Trinajstić information content (AvgIpc) is 3.69. The first-order valence-electron chi connectivity index (χ1n) is 21.4. The molecule has 2 saturated heterocycles. The molecule has 2 fully saturated rings. The van der Waals surface area contributed by atoms with E-state index < -0.39 is 47.8 Å². The van der Waals surface area contributed by atoms with Gasteiger partial charge in [-0.15, -0.1) is 0 Å². The lowest BCUT2D eigenvalue weighted by Gasteiger charge is -2.41. The normalized spacial score (nSPS) is 20.7. The Bertz CT molecular complexity index is 1490. The number of rotatable bonds is 21. The summed E-state index contributed by atoms with van der Waals surface area (Å²) in [6, 6.07) is 7.47. The molecule has 0 bridgehead atoms. The number of amides is 5. The summed E-state index contributed by atoms with van der Waals surface area (Å²) in [4.78, 5) is 79.2. The van der Waals surface area contributed by atoms with E-state index in [1.54, 1.807) is 52.0 Å². The van der Waals surface area contributed by atoms with Gasteiger partial charge in [-0.2, -0.15) is 0 Å². The van der Waals surface area contributed by atoms with Crippen molar-refractivity contribution in [2.24, 2.45) is 23.7 Å². The number of likely N-dealkylation sites (tertiary alicyclic amines) is 1. The molecule has 5 amide bonds. The number of nitrogens with zero attached hydrogens (tertiary/aromatic N) is 3. The molecule has 14 nitrogen and oxygen atoms in total. The van der Waals surface area contributed by atoms with Gasteiger partial charge in [-0.05, 0) is 63.0 Å². The highest BCUT2D eigenvalue weighted by molar-refractivity contribution is 5.92. The number of hydroxylamine groups is 2. The predicted molar refractivity (Wildman–Crippen MR) is 224 cm³/mol. The first-order chi connectivity index (χ1) is 27.5. The van der Waals surface area contributed by atoms with Crippen molar-refractivity contribution in [3.63, 3.8) is 0 Å². The van der Waals surface area contributed by atoms with Gasteiger partial charge in [0.25, 0.3) is 5.91 Å². The summed E-state index contributed by atoms with van der Waals surface area (Å²) < 4.78 is 12.1.